The number of hydrogen-bond acceptors (Lipinski definition) is 3. The Bertz CT molecular complexity index is 319. The predicted octanol–water partition coefficient (Wildman–Crippen LogP) is 2.02. The van der Waals surface area contributed by atoms with Gasteiger partial charge in [-0.15, -0.1) is 17.9 Å². The van der Waals surface area contributed by atoms with E-state index in [0.717, 1.165) is 5.56 Å². The van der Waals surface area contributed by atoms with Crippen LogP contribution in [0.3, 0.4) is 0 Å². The number of carboxylic acid groups (broad SMARTS) is 1. The van der Waals surface area contributed by atoms with Crippen molar-refractivity contribution in [3.05, 3.63) is 34.5 Å². The van der Waals surface area contributed by atoms with Crippen LogP contribution in [0.15, 0.2) is 24.1 Å². The number of thiophene rings is 1. The molecule has 1 aromatic heterocycles. The van der Waals surface area contributed by atoms with Gasteiger partial charge in [-0.1, -0.05) is 6.08 Å². The molecule has 0 unspecified atom stereocenters. The van der Waals surface area contributed by atoms with Gasteiger partial charge in [-0.2, -0.15) is 0 Å². The molecule has 0 radical (unpaired) electrons. The van der Waals surface area contributed by atoms with Gasteiger partial charge < -0.3 is 10.8 Å². The summed E-state index contributed by atoms with van der Waals surface area (Å²) in [6, 6.07) is 1.48. The third-order valence-corrected chi connectivity index (χ3v) is 2.62. The van der Waals surface area contributed by atoms with E-state index in [1.54, 1.807) is 17.5 Å². The first-order chi connectivity index (χ1) is 6.15. The molecule has 3 N–H and O–H groups in total. The van der Waals surface area contributed by atoms with Crippen LogP contribution in [0.2, 0.25) is 0 Å². The Morgan fingerprint density at radius 3 is 3.00 bits per heavy atom. The fraction of sp³-hybridized carbons (Fsp3) is 0.222. The van der Waals surface area contributed by atoms with Crippen LogP contribution < -0.4 is 5.73 Å². The normalized spacial score (nSPS) is 12.4. The first-order valence-electron chi connectivity index (χ1n) is 3.83. The quantitative estimate of drug-likeness (QED) is 0.726. The Morgan fingerprint density at radius 1 is 1.85 bits per heavy atom. The van der Waals surface area contributed by atoms with Crippen LogP contribution in [0.4, 0.5) is 0 Å². The van der Waals surface area contributed by atoms with Crippen LogP contribution in [-0.4, -0.2) is 11.1 Å². The molecule has 0 saturated heterocycles. The zero-order valence-electron chi connectivity index (χ0n) is 7.06. The minimum absolute atomic E-state index is 0.137. The zero-order chi connectivity index (χ0) is 9.84. The molecule has 1 atom stereocenters. The van der Waals surface area contributed by atoms with Crippen molar-refractivity contribution in [2.45, 2.75) is 12.5 Å². The molecule has 0 bridgehead atoms. The predicted molar refractivity (Wildman–Crippen MR) is 53.0 cm³/mol. The lowest BCUT2D eigenvalue weighted by Gasteiger charge is -2.04. The largest absolute Gasteiger partial charge is 0.477 e. The molecular weight excluding hydrogens is 186 g/mol. The lowest BCUT2D eigenvalue weighted by molar-refractivity contribution is 0.0702. The molecule has 0 aliphatic heterocycles. The lowest BCUT2D eigenvalue weighted by atomic mass is 10.1. The smallest absolute Gasteiger partial charge is 0.345 e. The van der Waals surface area contributed by atoms with E-state index in [0.29, 0.717) is 11.3 Å². The van der Waals surface area contributed by atoms with E-state index >= 15 is 0 Å². The Kier molecular flexibility index (Phi) is 3.22. The van der Waals surface area contributed by atoms with Crippen LogP contribution in [-0.2, 0) is 0 Å². The van der Waals surface area contributed by atoms with Crippen molar-refractivity contribution >= 4 is 17.3 Å². The van der Waals surface area contributed by atoms with Gasteiger partial charge in [0, 0.05) is 6.04 Å². The Labute approximate surface area is 80.5 Å². The van der Waals surface area contributed by atoms with Crippen molar-refractivity contribution in [2.24, 2.45) is 5.73 Å². The van der Waals surface area contributed by atoms with Gasteiger partial charge in [-0.3, -0.25) is 0 Å². The summed E-state index contributed by atoms with van der Waals surface area (Å²) in [5.41, 5.74) is 6.62. The van der Waals surface area contributed by atoms with Gasteiger partial charge >= 0.3 is 5.97 Å². The first-order valence-corrected chi connectivity index (χ1v) is 4.71. The van der Waals surface area contributed by atoms with Gasteiger partial charge in [0.2, 0.25) is 0 Å². The summed E-state index contributed by atoms with van der Waals surface area (Å²) in [7, 11) is 0. The minimum Gasteiger partial charge on any atom is -0.477 e. The molecule has 0 saturated carbocycles. The second-order valence-electron chi connectivity index (χ2n) is 2.68. The maximum atomic E-state index is 10.5. The van der Waals surface area contributed by atoms with E-state index in [9.17, 15) is 4.79 Å². The van der Waals surface area contributed by atoms with Crippen LogP contribution >= 0.6 is 11.3 Å². The summed E-state index contributed by atoms with van der Waals surface area (Å²) in [4.78, 5) is 10.9. The van der Waals surface area contributed by atoms with E-state index in [2.05, 4.69) is 6.58 Å². The van der Waals surface area contributed by atoms with Gasteiger partial charge in [0.15, 0.2) is 0 Å². The van der Waals surface area contributed by atoms with E-state index in [4.69, 9.17) is 10.8 Å². The summed E-state index contributed by atoms with van der Waals surface area (Å²) in [6.45, 7) is 3.58. The highest BCUT2D eigenvalue weighted by Crippen LogP contribution is 2.21. The van der Waals surface area contributed by atoms with Crippen molar-refractivity contribution in [3.63, 3.8) is 0 Å². The fourth-order valence-electron chi connectivity index (χ4n) is 0.973. The lowest BCUT2D eigenvalue weighted by Crippen LogP contribution is -2.07. The number of hydrogen-bond donors (Lipinski definition) is 2. The van der Waals surface area contributed by atoms with Crippen LogP contribution in [0.5, 0.6) is 0 Å². The van der Waals surface area contributed by atoms with Gasteiger partial charge in [-0.05, 0) is 23.4 Å². The van der Waals surface area contributed by atoms with Gasteiger partial charge in [0.05, 0.1) is 0 Å². The summed E-state index contributed by atoms with van der Waals surface area (Å²) in [5, 5.41) is 10.4. The van der Waals surface area contributed by atoms with E-state index in [-0.39, 0.29) is 6.04 Å². The maximum absolute atomic E-state index is 10.5. The van der Waals surface area contributed by atoms with Gasteiger partial charge in [0.25, 0.3) is 0 Å². The number of rotatable bonds is 4. The van der Waals surface area contributed by atoms with Gasteiger partial charge in [0.1, 0.15) is 4.88 Å². The molecule has 70 valence electrons. The standard InChI is InChI=1S/C9H11NO2S/c1-2-3-7(10)6-4-8(9(11)12)13-5-6/h2,4-5,7H,1,3,10H2,(H,11,12)/t7-/m0/s1. The van der Waals surface area contributed by atoms with E-state index in [1.807, 2.05) is 0 Å². The number of carbonyl (C=O) groups is 1. The van der Waals surface area contributed by atoms with Crippen molar-refractivity contribution in [2.75, 3.05) is 0 Å². The number of nitrogens with two attached hydrogens (primary N) is 1. The molecule has 1 rings (SSSR count). The highest BCUT2D eigenvalue weighted by molar-refractivity contribution is 7.12. The summed E-state index contributed by atoms with van der Waals surface area (Å²) in [6.07, 6.45) is 2.39. The second-order valence-corrected chi connectivity index (χ2v) is 3.59. The molecule has 13 heavy (non-hydrogen) atoms. The van der Waals surface area contributed by atoms with Crippen molar-refractivity contribution < 1.29 is 9.90 Å². The maximum Gasteiger partial charge on any atom is 0.345 e. The number of aromatic carboxylic acids is 1. The molecule has 0 spiro atoms. The molecule has 0 aliphatic carbocycles. The summed E-state index contributed by atoms with van der Waals surface area (Å²) in [5.74, 6) is -0.901. The van der Waals surface area contributed by atoms with Crippen LogP contribution in [0.25, 0.3) is 0 Å². The molecule has 0 aliphatic rings. The average Bonchev–Trinajstić information content (AvgIpc) is 2.52. The average molecular weight is 197 g/mol. The topological polar surface area (TPSA) is 63.3 Å². The molecule has 0 fully saturated rings. The zero-order valence-corrected chi connectivity index (χ0v) is 7.88. The van der Waals surface area contributed by atoms with E-state index in [1.165, 1.54) is 11.3 Å². The van der Waals surface area contributed by atoms with Crippen molar-refractivity contribution in [1.82, 2.24) is 0 Å². The molecule has 3 nitrogen and oxygen atoms in total. The monoisotopic (exact) mass is 197 g/mol. The number of carboxylic acids is 1. The second kappa shape index (κ2) is 4.20. The molecule has 4 heteroatoms. The highest BCUT2D eigenvalue weighted by Gasteiger charge is 2.10. The third kappa shape index (κ3) is 2.40. The minimum atomic E-state index is -0.901. The Hall–Kier alpha value is -1.13. The first kappa shape index (κ1) is 9.95. The Balaban J connectivity index is 2.78. The Morgan fingerprint density at radius 2 is 2.54 bits per heavy atom. The van der Waals surface area contributed by atoms with Crippen molar-refractivity contribution in [1.29, 1.82) is 0 Å². The van der Waals surface area contributed by atoms with Gasteiger partial charge in [-0.25, -0.2) is 4.79 Å². The molecule has 0 amide bonds. The summed E-state index contributed by atoms with van der Waals surface area (Å²) >= 11 is 1.20. The summed E-state index contributed by atoms with van der Waals surface area (Å²) < 4.78 is 0. The van der Waals surface area contributed by atoms with Crippen LogP contribution in [0, 0.1) is 0 Å². The fourth-order valence-corrected chi connectivity index (χ4v) is 1.78. The molecular formula is C9H11NO2S. The van der Waals surface area contributed by atoms with Crippen LogP contribution in [0.1, 0.15) is 27.7 Å². The van der Waals surface area contributed by atoms with E-state index < -0.39 is 5.97 Å². The highest BCUT2D eigenvalue weighted by atomic mass is 32.1. The molecule has 0 aromatic carbocycles. The molecule has 1 heterocycles. The van der Waals surface area contributed by atoms with Crippen molar-refractivity contribution in [3.8, 4) is 0 Å². The third-order valence-electron chi connectivity index (χ3n) is 1.68. The SMILES string of the molecule is C=CC[C@H](N)c1csc(C(=O)O)c1. The molecule has 1 aromatic rings.